The molecule has 2 aromatic heterocycles. The number of furan rings is 1. The largest absolute Gasteiger partial charge is 0.483 e. The van der Waals surface area contributed by atoms with E-state index in [-0.39, 0.29) is 0 Å². The van der Waals surface area contributed by atoms with Gasteiger partial charge in [-0.25, -0.2) is 15.0 Å². The van der Waals surface area contributed by atoms with E-state index in [1.54, 1.807) is 30.8 Å². The van der Waals surface area contributed by atoms with Crippen molar-refractivity contribution >= 4 is 12.1 Å². The zero-order valence-electron chi connectivity index (χ0n) is 8.83. The molecule has 0 fully saturated rings. The second-order valence-corrected chi connectivity index (χ2v) is 2.93. The van der Waals surface area contributed by atoms with Crippen LogP contribution >= 0.6 is 0 Å². The zero-order valence-corrected chi connectivity index (χ0v) is 8.83. The van der Waals surface area contributed by atoms with Gasteiger partial charge in [0, 0.05) is 0 Å². The van der Waals surface area contributed by atoms with Gasteiger partial charge in [-0.15, -0.1) is 0 Å². The first kappa shape index (κ1) is 10.4. The highest BCUT2D eigenvalue weighted by molar-refractivity contribution is 5.55. The number of rotatable bonds is 4. The standard InChI is InChI=1S/C11H11N3O2/c1-2-15-8-14-9-6-12-11(13-7-9)10-4-3-5-16-10/h3-8H,2H2,1H3. The number of nitrogens with zero attached hydrogens (tertiary/aromatic N) is 3. The summed E-state index contributed by atoms with van der Waals surface area (Å²) >= 11 is 0. The SMILES string of the molecule is CCOC=Nc1cnc(-c2ccco2)nc1. The number of hydrogen-bond donors (Lipinski definition) is 0. The summed E-state index contributed by atoms with van der Waals surface area (Å²) in [5.41, 5.74) is 0.642. The normalized spacial score (nSPS) is 10.8. The molecule has 0 aliphatic rings. The van der Waals surface area contributed by atoms with Crippen LogP contribution in [0.4, 0.5) is 5.69 Å². The van der Waals surface area contributed by atoms with Crippen molar-refractivity contribution in [3.8, 4) is 11.6 Å². The third kappa shape index (κ3) is 2.44. The number of hydrogen-bond acceptors (Lipinski definition) is 5. The molecule has 0 N–H and O–H groups in total. The minimum atomic E-state index is 0.542. The Hall–Kier alpha value is -2.17. The van der Waals surface area contributed by atoms with E-state index in [0.717, 1.165) is 0 Å². The molecule has 0 atom stereocenters. The molecule has 5 nitrogen and oxygen atoms in total. The fourth-order valence-electron chi connectivity index (χ4n) is 1.09. The lowest BCUT2D eigenvalue weighted by Crippen LogP contribution is -1.87. The fraction of sp³-hybridized carbons (Fsp3) is 0.182. The smallest absolute Gasteiger partial charge is 0.195 e. The van der Waals surface area contributed by atoms with Gasteiger partial charge in [0.25, 0.3) is 0 Å². The van der Waals surface area contributed by atoms with Gasteiger partial charge < -0.3 is 9.15 Å². The Bertz CT molecular complexity index is 449. The number of ether oxygens (including phenoxy) is 1. The van der Waals surface area contributed by atoms with Crippen molar-refractivity contribution < 1.29 is 9.15 Å². The molecule has 0 aliphatic carbocycles. The summed E-state index contributed by atoms with van der Waals surface area (Å²) in [6, 6.07) is 3.60. The van der Waals surface area contributed by atoms with Crippen LogP contribution in [0.15, 0.2) is 40.2 Å². The number of aliphatic imine (C=N–C) groups is 1. The van der Waals surface area contributed by atoms with Gasteiger partial charge in [0.1, 0.15) is 5.69 Å². The van der Waals surface area contributed by atoms with Crippen LogP contribution in [0.2, 0.25) is 0 Å². The summed E-state index contributed by atoms with van der Waals surface area (Å²) in [4.78, 5) is 12.3. The third-order valence-corrected chi connectivity index (χ3v) is 1.82. The fourth-order valence-corrected chi connectivity index (χ4v) is 1.09. The van der Waals surface area contributed by atoms with Crippen molar-refractivity contribution in [2.75, 3.05) is 6.61 Å². The van der Waals surface area contributed by atoms with E-state index >= 15 is 0 Å². The Morgan fingerprint density at radius 1 is 1.44 bits per heavy atom. The lowest BCUT2D eigenvalue weighted by atomic mass is 10.4. The Morgan fingerprint density at radius 3 is 2.88 bits per heavy atom. The summed E-state index contributed by atoms with van der Waals surface area (Å²) in [6.45, 7) is 2.48. The van der Waals surface area contributed by atoms with Gasteiger partial charge in [-0.2, -0.15) is 0 Å². The topological polar surface area (TPSA) is 60.5 Å². The average Bonchev–Trinajstić information content (AvgIpc) is 2.84. The summed E-state index contributed by atoms with van der Waals surface area (Å²) < 4.78 is 10.1. The maximum Gasteiger partial charge on any atom is 0.195 e. The highest BCUT2D eigenvalue weighted by atomic mass is 16.5. The Kier molecular flexibility index (Phi) is 3.28. The molecule has 0 aromatic carbocycles. The average molecular weight is 217 g/mol. The first-order chi connectivity index (χ1) is 7.90. The summed E-state index contributed by atoms with van der Waals surface area (Å²) in [5, 5.41) is 0. The lowest BCUT2D eigenvalue weighted by molar-refractivity contribution is 0.344. The summed E-state index contributed by atoms with van der Waals surface area (Å²) in [5.74, 6) is 1.18. The molecule has 0 saturated heterocycles. The predicted octanol–water partition coefficient (Wildman–Crippen LogP) is 2.43. The van der Waals surface area contributed by atoms with E-state index in [4.69, 9.17) is 9.15 Å². The van der Waals surface area contributed by atoms with E-state index in [9.17, 15) is 0 Å². The van der Waals surface area contributed by atoms with E-state index in [2.05, 4.69) is 15.0 Å². The first-order valence-electron chi connectivity index (χ1n) is 4.90. The van der Waals surface area contributed by atoms with Gasteiger partial charge in [-0.3, -0.25) is 0 Å². The summed E-state index contributed by atoms with van der Waals surface area (Å²) in [7, 11) is 0. The molecule has 5 heteroatoms. The van der Waals surface area contributed by atoms with Crippen LogP contribution in [-0.2, 0) is 4.74 Å². The maximum atomic E-state index is 5.17. The molecule has 2 heterocycles. The second kappa shape index (κ2) is 5.06. The lowest BCUT2D eigenvalue weighted by Gasteiger charge is -1.96. The zero-order chi connectivity index (χ0) is 11.2. The highest BCUT2D eigenvalue weighted by Gasteiger charge is 2.02. The van der Waals surface area contributed by atoms with Crippen LogP contribution in [0.3, 0.4) is 0 Å². The molecule has 2 rings (SSSR count). The van der Waals surface area contributed by atoms with Crippen molar-refractivity contribution in [2.24, 2.45) is 4.99 Å². The predicted molar refractivity (Wildman–Crippen MR) is 59.5 cm³/mol. The Morgan fingerprint density at radius 2 is 2.25 bits per heavy atom. The molecule has 0 amide bonds. The van der Waals surface area contributed by atoms with Crippen molar-refractivity contribution in [1.29, 1.82) is 0 Å². The first-order valence-corrected chi connectivity index (χ1v) is 4.90. The van der Waals surface area contributed by atoms with E-state index in [1.807, 2.05) is 6.92 Å². The van der Waals surface area contributed by atoms with Gasteiger partial charge in [0.15, 0.2) is 18.0 Å². The monoisotopic (exact) mass is 217 g/mol. The minimum absolute atomic E-state index is 0.542. The van der Waals surface area contributed by atoms with Gasteiger partial charge in [-0.05, 0) is 19.1 Å². The quantitative estimate of drug-likeness (QED) is 0.583. The molecule has 0 bridgehead atoms. The highest BCUT2D eigenvalue weighted by Crippen LogP contribution is 2.16. The third-order valence-electron chi connectivity index (χ3n) is 1.82. The van der Waals surface area contributed by atoms with E-state index in [1.165, 1.54) is 6.40 Å². The molecule has 82 valence electrons. The number of aromatic nitrogens is 2. The summed E-state index contributed by atoms with van der Waals surface area (Å²) in [6.07, 6.45) is 6.19. The van der Waals surface area contributed by atoms with E-state index < -0.39 is 0 Å². The van der Waals surface area contributed by atoms with Crippen molar-refractivity contribution in [3.05, 3.63) is 30.8 Å². The molecule has 0 saturated carbocycles. The van der Waals surface area contributed by atoms with Gasteiger partial charge in [-0.1, -0.05) is 0 Å². The molecule has 0 spiro atoms. The second-order valence-electron chi connectivity index (χ2n) is 2.93. The Labute approximate surface area is 92.8 Å². The Balaban J connectivity index is 2.11. The maximum absolute atomic E-state index is 5.17. The molecule has 0 unspecified atom stereocenters. The molecule has 0 aliphatic heterocycles. The van der Waals surface area contributed by atoms with E-state index in [0.29, 0.717) is 23.9 Å². The van der Waals surface area contributed by atoms with Crippen LogP contribution in [-0.4, -0.2) is 23.0 Å². The molecular weight excluding hydrogens is 206 g/mol. The van der Waals surface area contributed by atoms with Crippen molar-refractivity contribution in [2.45, 2.75) is 6.92 Å². The van der Waals surface area contributed by atoms with Crippen LogP contribution < -0.4 is 0 Å². The van der Waals surface area contributed by atoms with Crippen LogP contribution in [0.5, 0.6) is 0 Å². The van der Waals surface area contributed by atoms with Gasteiger partial charge in [0.2, 0.25) is 0 Å². The van der Waals surface area contributed by atoms with Gasteiger partial charge >= 0.3 is 0 Å². The molecule has 2 aromatic rings. The van der Waals surface area contributed by atoms with Crippen LogP contribution in [0.1, 0.15) is 6.92 Å². The van der Waals surface area contributed by atoms with Crippen molar-refractivity contribution in [1.82, 2.24) is 9.97 Å². The molecule has 0 radical (unpaired) electrons. The van der Waals surface area contributed by atoms with Gasteiger partial charge in [0.05, 0.1) is 25.3 Å². The molecule has 16 heavy (non-hydrogen) atoms. The minimum Gasteiger partial charge on any atom is -0.483 e. The van der Waals surface area contributed by atoms with Crippen LogP contribution in [0.25, 0.3) is 11.6 Å². The molecular formula is C11H11N3O2. The van der Waals surface area contributed by atoms with Crippen molar-refractivity contribution in [3.63, 3.8) is 0 Å². The van der Waals surface area contributed by atoms with Crippen LogP contribution in [0, 0.1) is 0 Å².